The minimum absolute atomic E-state index is 0.0446. The van der Waals surface area contributed by atoms with Crippen molar-refractivity contribution >= 4 is 11.0 Å². The number of imidazole rings is 1. The summed E-state index contributed by atoms with van der Waals surface area (Å²) in [6, 6.07) is 8.17. The Bertz CT molecular complexity index is 923. The molecular formula is C19H21N3O2. The van der Waals surface area contributed by atoms with Crippen molar-refractivity contribution in [1.82, 2.24) is 14.5 Å². The van der Waals surface area contributed by atoms with Crippen LogP contribution in [0, 0.1) is 6.92 Å². The molecule has 3 heterocycles. The summed E-state index contributed by atoms with van der Waals surface area (Å²) in [5.41, 5.74) is 4.95. The minimum Gasteiger partial charge on any atom is -0.381 e. The zero-order valence-corrected chi connectivity index (χ0v) is 14.0. The third kappa shape index (κ3) is 2.65. The third-order valence-electron chi connectivity index (χ3n) is 4.80. The van der Waals surface area contributed by atoms with E-state index in [-0.39, 0.29) is 5.56 Å². The number of ether oxygens (including phenoxy) is 1. The normalized spacial score (nSPS) is 15.9. The summed E-state index contributed by atoms with van der Waals surface area (Å²) in [5.74, 6) is 1.51. The van der Waals surface area contributed by atoms with Gasteiger partial charge in [-0.2, -0.15) is 0 Å². The van der Waals surface area contributed by atoms with Crippen molar-refractivity contribution in [3.05, 3.63) is 52.2 Å². The number of benzene rings is 1. The van der Waals surface area contributed by atoms with E-state index >= 15 is 0 Å². The summed E-state index contributed by atoms with van der Waals surface area (Å²) in [6.45, 7) is 3.47. The zero-order valence-electron chi connectivity index (χ0n) is 14.0. The standard InChI is InChI=1S/C19H21N3O2/c1-12-9-15(11-22(2)19(12)23)14-3-4-16-17(10-14)21-18(20-16)13-5-7-24-8-6-13/h3-4,9-11,13H,5-8H2,1-2H3,(H,20,21). The molecule has 0 unspecified atom stereocenters. The van der Waals surface area contributed by atoms with Crippen LogP contribution in [0.3, 0.4) is 0 Å². The summed E-state index contributed by atoms with van der Waals surface area (Å²) in [5, 5.41) is 0. The van der Waals surface area contributed by atoms with Gasteiger partial charge in [0.2, 0.25) is 0 Å². The highest BCUT2D eigenvalue weighted by atomic mass is 16.5. The van der Waals surface area contributed by atoms with E-state index in [0.717, 1.165) is 59.6 Å². The topological polar surface area (TPSA) is 59.9 Å². The lowest BCUT2D eigenvalue weighted by Gasteiger charge is -2.19. The van der Waals surface area contributed by atoms with Crippen molar-refractivity contribution in [1.29, 1.82) is 0 Å². The number of hydrogen-bond donors (Lipinski definition) is 1. The second kappa shape index (κ2) is 5.91. The first-order chi connectivity index (χ1) is 11.6. The molecule has 3 aromatic rings. The van der Waals surface area contributed by atoms with Gasteiger partial charge in [0.05, 0.1) is 11.0 Å². The lowest BCUT2D eigenvalue weighted by atomic mass is 10.00. The van der Waals surface area contributed by atoms with Gasteiger partial charge in [0.15, 0.2) is 0 Å². The molecule has 1 fully saturated rings. The third-order valence-corrected chi connectivity index (χ3v) is 4.80. The quantitative estimate of drug-likeness (QED) is 0.788. The van der Waals surface area contributed by atoms with Crippen LogP contribution in [-0.2, 0) is 11.8 Å². The van der Waals surface area contributed by atoms with E-state index in [1.54, 1.807) is 11.6 Å². The van der Waals surface area contributed by atoms with Crippen LogP contribution < -0.4 is 5.56 Å². The molecule has 24 heavy (non-hydrogen) atoms. The molecule has 0 bridgehead atoms. The van der Waals surface area contributed by atoms with E-state index in [1.807, 2.05) is 25.3 Å². The second-order valence-corrected chi connectivity index (χ2v) is 6.57. The van der Waals surface area contributed by atoms with Crippen molar-refractivity contribution in [2.24, 2.45) is 7.05 Å². The molecule has 1 aliphatic heterocycles. The number of nitrogens with zero attached hydrogens (tertiary/aromatic N) is 2. The van der Waals surface area contributed by atoms with Crippen LogP contribution in [0.1, 0.15) is 30.1 Å². The van der Waals surface area contributed by atoms with Gasteiger partial charge in [0, 0.05) is 37.9 Å². The summed E-state index contributed by atoms with van der Waals surface area (Å²) >= 11 is 0. The van der Waals surface area contributed by atoms with E-state index in [1.165, 1.54) is 0 Å². The molecule has 1 saturated heterocycles. The van der Waals surface area contributed by atoms with Crippen LogP contribution in [0.2, 0.25) is 0 Å². The van der Waals surface area contributed by atoms with Crippen LogP contribution in [0.5, 0.6) is 0 Å². The average Bonchev–Trinajstić information content (AvgIpc) is 3.03. The van der Waals surface area contributed by atoms with Gasteiger partial charge in [0.1, 0.15) is 5.82 Å². The van der Waals surface area contributed by atoms with Crippen molar-refractivity contribution in [3.8, 4) is 11.1 Å². The van der Waals surface area contributed by atoms with E-state index in [0.29, 0.717) is 5.92 Å². The van der Waals surface area contributed by atoms with Gasteiger partial charge in [-0.1, -0.05) is 6.07 Å². The predicted molar refractivity (Wildman–Crippen MR) is 94.3 cm³/mol. The highest BCUT2D eigenvalue weighted by Crippen LogP contribution is 2.28. The molecule has 1 aliphatic rings. The molecule has 0 radical (unpaired) electrons. The number of hydrogen-bond acceptors (Lipinski definition) is 3. The number of pyridine rings is 1. The van der Waals surface area contributed by atoms with Crippen LogP contribution >= 0.6 is 0 Å². The van der Waals surface area contributed by atoms with Crippen LogP contribution in [0.15, 0.2) is 35.3 Å². The number of fused-ring (bicyclic) bond motifs is 1. The van der Waals surface area contributed by atoms with E-state index < -0.39 is 0 Å². The number of aromatic amines is 1. The molecule has 0 atom stereocenters. The van der Waals surface area contributed by atoms with E-state index in [2.05, 4.69) is 17.1 Å². The van der Waals surface area contributed by atoms with Crippen LogP contribution in [-0.4, -0.2) is 27.7 Å². The fourth-order valence-electron chi connectivity index (χ4n) is 3.41. The summed E-state index contributed by atoms with van der Waals surface area (Å²) < 4.78 is 7.07. The Morgan fingerprint density at radius 1 is 1.21 bits per heavy atom. The van der Waals surface area contributed by atoms with Crippen molar-refractivity contribution in [3.63, 3.8) is 0 Å². The molecule has 5 heteroatoms. The number of aryl methyl sites for hydroxylation is 2. The maximum Gasteiger partial charge on any atom is 0.253 e. The largest absolute Gasteiger partial charge is 0.381 e. The minimum atomic E-state index is 0.0446. The van der Waals surface area contributed by atoms with E-state index in [9.17, 15) is 4.79 Å². The first kappa shape index (κ1) is 15.1. The molecule has 0 saturated carbocycles. The van der Waals surface area contributed by atoms with Crippen molar-refractivity contribution in [2.75, 3.05) is 13.2 Å². The molecule has 5 nitrogen and oxygen atoms in total. The number of rotatable bonds is 2. The molecular weight excluding hydrogens is 302 g/mol. The Kier molecular flexibility index (Phi) is 3.73. The molecule has 0 aliphatic carbocycles. The van der Waals surface area contributed by atoms with Crippen molar-refractivity contribution < 1.29 is 4.74 Å². The monoisotopic (exact) mass is 323 g/mol. The maximum atomic E-state index is 11.9. The lowest BCUT2D eigenvalue weighted by molar-refractivity contribution is 0.0838. The van der Waals surface area contributed by atoms with Gasteiger partial charge in [-0.15, -0.1) is 0 Å². The predicted octanol–water partition coefficient (Wildman–Crippen LogP) is 3.13. The Labute approximate surface area is 140 Å². The first-order valence-electron chi connectivity index (χ1n) is 8.37. The zero-order chi connectivity index (χ0) is 16.7. The van der Waals surface area contributed by atoms with Gasteiger partial charge in [-0.3, -0.25) is 4.79 Å². The number of nitrogens with one attached hydrogen (secondary N) is 1. The van der Waals surface area contributed by atoms with Crippen molar-refractivity contribution in [2.45, 2.75) is 25.7 Å². The smallest absolute Gasteiger partial charge is 0.253 e. The van der Waals surface area contributed by atoms with Gasteiger partial charge < -0.3 is 14.3 Å². The Morgan fingerprint density at radius 3 is 2.75 bits per heavy atom. The highest BCUT2D eigenvalue weighted by Gasteiger charge is 2.19. The second-order valence-electron chi connectivity index (χ2n) is 6.57. The van der Waals surface area contributed by atoms with Crippen LogP contribution in [0.4, 0.5) is 0 Å². The van der Waals surface area contributed by atoms with Crippen LogP contribution in [0.25, 0.3) is 22.2 Å². The van der Waals surface area contributed by atoms with E-state index in [4.69, 9.17) is 9.72 Å². The van der Waals surface area contributed by atoms with Gasteiger partial charge in [-0.05, 0) is 49.1 Å². The summed E-state index contributed by atoms with van der Waals surface area (Å²) in [7, 11) is 1.79. The molecule has 1 N–H and O–H groups in total. The molecule has 2 aromatic heterocycles. The fraction of sp³-hybridized carbons (Fsp3) is 0.368. The van der Waals surface area contributed by atoms with Gasteiger partial charge in [0.25, 0.3) is 5.56 Å². The number of H-pyrrole nitrogens is 1. The SMILES string of the molecule is Cc1cc(-c2ccc3nc(C4CCOCC4)[nH]c3c2)cn(C)c1=O. The van der Waals surface area contributed by atoms with Gasteiger partial charge >= 0.3 is 0 Å². The molecule has 4 rings (SSSR count). The number of aromatic nitrogens is 3. The summed E-state index contributed by atoms with van der Waals surface area (Å²) in [6.07, 6.45) is 3.92. The average molecular weight is 323 g/mol. The Balaban J connectivity index is 1.74. The molecule has 0 amide bonds. The molecule has 0 spiro atoms. The lowest BCUT2D eigenvalue weighted by Crippen LogP contribution is -2.18. The van der Waals surface area contributed by atoms with Gasteiger partial charge in [-0.25, -0.2) is 4.98 Å². The molecule has 1 aromatic carbocycles. The Morgan fingerprint density at radius 2 is 2.00 bits per heavy atom. The molecule has 124 valence electrons. The maximum absolute atomic E-state index is 11.9. The Hall–Kier alpha value is -2.40. The first-order valence-corrected chi connectivity index (χ1v) is 8.37. The summed E-state index contributed by atoms with van der Waals surface area (Å²) in [4.78, 5) is 20.1. The fourth-order valence-corrected chi connectivity index (χ4v) is 3.41. The highest BCUT2D eigenvalue weighted by molar-refractivity contribution is 5.82.